The normalized spacial score (nSPS) is 10.7. The Bertz CT molecular complexity index is 1020. The first kappa shape index (κ1) is 17.7. The molecular formula is C17H15FN4O3S. The Morgan fingerprint density at radius 3 is 2.73 bits per heavy atom. The van der Waals surface area contributed by atoms with Crippen LogP contribution < -0.4 is 16.1 Å². The van der Waals surface area contributed by atoms with Crippen LogP contribution in [0.3, 0.4) is 0 Å². The van der Waals surface area contributed by atoms with Gasteiger partial charge in [-0.05, 0) is 24.3 Å². The van der Waals surface area contributed by atoms with Gasteiger partial charge in [0.2, 0.25) is 5.43 Å². The Morgan fingerprint density at radius 2 is 2.04 bits per heavy atom. The zero-order chi connectivity index (χ0) is 18.7. The van der Waals surface area contributed by atoms with Crippen molar-refractivity contribution in [1.82, 2.24) is 9.77 Å². The molecule has 0 saturated carbocycles. The van der Waals surface area contributed by atoms with E-state index in [2.05, 4.69) is 28.2 Å². The highest BCUT2D eigenvalue weighted by molar-refractivity contribution is 7.80. The van der Waals surface area contributed by atoms with Crippen LogP contribution in [0.2, 0.25) is 0 Å². The van der Waals surface area contributed by atoms with Crippen LogP contribution in [0.4, 0.5) is 16.0 Å². The summed E-state index contributed by atoms with van der Waals surface area (Å²) in [6.45, 7) is 1.08. The summed E-state index contributed by atoms with van der Waals surface area (Å²) in [6, 6.07) is 8.51. The number of pyridine rings is 2. The van der Waals surface area contributed by atoms with E-state index in [-0.39, 0.29) is 20.6 Å². The van der Waals surface area contributed by atoms with Crippen molar-refractivity contribution in [2.75, 3.05) is 23.7 Å². The number of hydrogen-bond donors (Lipinski definition) is 4. The summed E-state index contributed by atoms with van der Waals surface area (Å²) in [4.78, 5) is 27.7. The number of carboxylic acids is 1. The van der Waals surface area contributed by atoms with Gasteiger partial charge in [-0.3, -0.25) is 4.79 Å². The lowest BCUT2D eigenvalue weighted by molar-refractivity contribution is 0.0693. The maximum Gasteiger partial charge on any atom is 0.341 e. The molecule has 3 aromatic rings. The van der Waals surface area contributed by atoms with Crippen LogP contribution in [0, 0.1) is 0 Å². The van der Waals surface area contributed by atoms with Gasteiger partial charge in [-0.25, -0.2) is 9.78 Å². The molecule has 0 aliphatic rings. The Morgan fingerprint density at radius 1 is 1.27 bits per heavy atom. The zero-order valence-electron chi connectivity index (χ0n) is 13.4. The van der Waals surface area contributed by atoms with E-state index >= 15 is 0 Å². The fourth-order valence-electron chi connectivity index (χ4n) is 2.51. The van der Waals surface area contributed by atoms with Crippen molar-refractivity contribution in [2.45, 2.75) is 4.90 Å². The molecule has 0 atom stereocenters. The Labute approximate surface area is 152 Å². The van der Waals surface area contributed by atoms with Crippen LogP contribution in [0.1, 0.15) is 10.4 Å². The van der Waals surface area contributed by atoms with Gasteiger partial charge in [0.05, 0.1) is 17.1 Å². The van der Waals surface area contributed by atoms with E-state index in [4.69, 9.17) is 5.11 Å². The SMILES string of the molecule is O=C(O)c1cn(F)c2cc(NCCNc3ccccn3)cc(S)c2c1=O. The third-order valence-electron chi connectivity index (χ3n) is 3.70. The first-order valence-corrected chi connectivity index (χ1v) is 8.12. The number of carboxylic acid groups (broad SMARTS) is 1. The molecule has 7 nitrogen and oxygen atoms in total. The molecule has 0 spiro atoms. The van der Waals surface area contributed by atoms with Crippen molar-refractivity contribution >= 4 is 41.0 Å². The van der Waals surface area contributed by atoms with E-state index < -0.39 is 17.0 Å². The Hall–Kier alpha value is -3.07. The predicted molar refractivity (Wildman–Crippen MR) is 100 cm³/mol. The topological polar surface area (TPSA) is 96.2 Å². The fourth-order valence-corrected chi connectivity index (χ4v) is 2.86. The second-order valence-corrected chi connectivity index (χ2v) is 5.93. The second-order valence-electron chi connectivity index (χ2n) is 5.45. The third-order valence-corrected chi connectivity index (χ3v) is 4.05. The summed E-state index contributed by atoms with van der Waals surface area (Å²) in [5, 5.41) is 15.1. The molecule has 2 aromatic heterocycles. The molecule has 26 heavy (non-hydrogen) atoms. The average molecular weight is 374 g/mol. The minimum absolute atomic E-state index is 0.0484. The lowest BCUT2D eigenvalue weighted by Crippen LogP contribution is -2.18. The summed E-state index contributed by atoms with van der Waals surface area (Å²) < 4.78 is 14.2. The van der Waals surface area contributed by atoms with Crippen LogP contribution in [0.15, 0.2) is 52.4 Å². The Balaban J connectivity index is 1.80. The van der Waals surface area contributed by atoms with E-state index in [0.29, 0.717) is 25.0 Å². The molecular weight excluding hydrogens is 359 g/mol. The summed E-state index contributed by atoms with van der Waals surface area (Å²) >= 11 is 4.22. The second kappa shape index (κ2) is 7.44. The number of rotatable bonds is 6. The van der Waals surface area contributed by atoms with Gasteiger partial charge in [-0.1, -0.05) is 10.5 Å². The number of anilines is 2. The average Bonchev–Trinajstić information content (AvgIpc) is 2.62. The van der Waals surface area contributed by atoms with Crippen molar-refractivity contribution in [3.63, 3.8) is 0 Å². The van der Waals surface area contributed by atoms with E-state index in [1.165, 1.54) is 6.07 Å². The van der Waals surface area contributed by atoms with Gasteiger partial charge in [0.1, 0.15) is 11.4 Å². The van der Waals surface area contributed by atoms with Crippen LogP contribution in [-0.4, -0.2) is 33.9 Å². The van der Waals surface area contributed by atoms with E-state index in [1.807, 2.05) is 18.2 Å². The molecule has 0 fully saturated rings. The molecule has 0 saturated heterocycles. The van der Waals surface area contributed by atoms with E-state index in [0.717, 1.165) is 5.82 Å². The molecule has 3 N–H and O–H groups in total. The van der Waals surface area contributed by atoms with Gasteiger partial charge in [0.15, 0.2) is 0 Å². The zero-order valence-corrected chi connectivity index (χ0v) is 14.3. The molecule has 134 valence electrons. The smallest absolute Gasteiger partial charge is 0.341 e. The largest absolute Gasteiger partial charge is 0.477 e. The van der Waals surface area contributed by atoms with Crippen molar-refractivity contribution in [3.05, 3.63) is 58.5 Å². The van der Waals surface area contributed by atoms with Crippen LogP contribution >= 0.6 is 12.6 Å². The lowest BCUT2D eigenvalue weighted by atomic mass is 10.1. The highest BCUT2D eigenvalue weighted by atomic mass is 32.1. The highest BCUT2D eigenvalue weighted by Gasteiger charge is 2.17. The molecule has 9 heteroatoms. The van der Waals surface area contributed by atoms with Crippen molar-refractivity contribution in [2.24, 2.45) is 0 Å². The number of benzene rings is 1. The molecule has 2 heterocycles. The van der Waals surface area contributed by atoms with Gasteiger partial charge in [-0.15, -0.1) is 12.6 Å². The number of hydrogen-bond acceptors (Lipinski definition) is 6. The fraction of sp³-hybridized carbons (Fsp3) is 0.118. The van der Waals surface area contributed by atoms with Gasteiger partial charge >= 0.3 is 5.97 Å². The first-order valence-electron chi connectivity index (χ1n) is 7.68. The van der Waals surface area contributed by atoms with Crippen molar-refractivity contribution in [3.8, 4) is 0 Å². The molecule has 0 bridgehead atoms. The highest BCUT2D eigenvalue weighted by Crippen LogP contribution is 2.25. The van der Waals surface area contributed by atoms with Crippen LogP contribution in [0.25, 0.3) is 10.9 Å². The molecule has 0 unspecified atom stereocenters. The molecule has 0 aliphatic carbocycles. The van der Waals surface area contributed by atoms with Crippen LogP contribution in [0.5, 0.6) is 0 Å². The van der Waals surface area contributed by atoms with Gasteiger partial charge in [0, 0.05) is 29.9 Å². The molecule has 0 amide bonds. The summed E-state index contributed by atoms with van der Waals surface area (Å²) in [5.74, 6) is -0.750. The first-order chi connectivity index (χ1) is 12.5. The molecule has 0 radical (unpaired) electrons. The quantitative estimate of drug-likeness (QED) is 0.391. The summed E-state index contributed by atoms with van der Waals surface area (Å²) in [7, 11) is 0. The lowest BCUT2D eigenvalue weighted by Gasteiger charge is -2.11. The van der Waals surface area contributed by atoms with E-state index in [1.54, 1.807) is 12.3 Å². The summed E-state index contributed by atoms with van der Waals surface area (Å²) in [5.41, 5.74) is -0.905. The molecule has 0 aliphatic heterocycles. The number of aromatic nitrogens is 2. The van der Waals surface area contributed by atoms with E-state index in [9.17, 15) is 14.1 Å². The number of halogens is 1. The standard InChI is InChI=1S/C17H15FN4O3S/c18-22-9-11(17(24)25)16(23)15-12(22)7-10(8-13(15)26)19-5-6-21-14-3-1-2-4-20-14/h1-4,7-9,19,26H,5-6H2,(H,20,21)(H,24,25). The number of thiol groups is 1. The number of fused-ring (bicyclic) bond motifs is 1. The van der Waals surface area contributed by atoms with Crippen LogP contribution in [-0.2, 0) is 0 Å². The number of nitrogens with zero attached hydrogens (tertiary/aromatic N) is 2. The minimum Gasteiger partial charge on any atom is -0.477 e. The number of nitrogens with one attached hydrogen (secondary N) is 2. The van der Waals surface area contributed by atoms with Crippen molar-refractivity contribution in [1.29, 1.82) is 0 Å². The molecule has 3 rings (SSSR count). The third kappa shape index (κ3) is 3.62. The van der Waals surface area contributed by atoms with Crippen molar-refractivity contribution < 1.29 is 14.4 Å². The summed E-state index contributed by atoms with van der Waals surface area (Å²) in [6.07, 6.45) is 2.34. The maximum atomic E-state index is 14.2. The predicted octanol–water partition coefficient (Wildman–Crippen LogP) is 2.64. The molecule has 1 aromatic carbocycles. The van der Waals surface area contributed by atoms with Gasteiger partial charge in [0.25, 0.3) is 0 Å². The monoisotopic (exact) mass is 374 g/mol. The van der Waals surface area contributed by atoms with Gasteiger partial charge < -0.3 is 15.7 Å². The number of carbonyl (C=O) groups is 1. The number of aromatic carboxylic acids is 1. The minimum atomic E-state index is -1.49. The maximum absolute atomic E-state index is 14.2. The Kier molecular flexibility index (Phi) is 5.08. The van der Waals surface area contributed by atoms with Gasteiger partial charge in [-0.2, -0.15) is 4.79 Å².